The maximum Gasteiger partial charge on any atom is 0.161 e. The molecule has 258 valence electrons. The van der Waals surface area contributed by atoms with Crippen LogP contribution in [0.15, 0.2) is 66.9 Å². The van der Waals surface area contributed by atoms with Gasteiger partial charge in [0, 0.05) is 36.5 Å². The van der Waals surface area contributed by atoms with Gasteiger partial charge in [-0.25, -0.2) is 4.98 Å². The summed E-state index contributed by atoms with van der Waals surface area (Å²) in [5.41, 5.74) is 5.33. The van der Waals surface area contributed by atoms with Crippen molar-refractivity contribution < 1.29 is 44.5 Å². The van der Waals surface area contributed by atoms with E-state index in [1.54, 1.807) is 24.3 Å². The molecule has 1 aliphatic heterocycles. The van der Waals surface area contributed by atoms with Gasteiger partial charge in [0.25, 0.3) is 0 Å². The van der Waals surface area contributed by atoms with E-state index in [1.165, 1.54) is 6.20 Å². The number of pyridine rings is 1. The highest BCUT2D eigenvalue weighted by Crippen LogP contribution is 2.37. The number of hydrogen-bond acceptors (Lipinski definition) is 12. The number of halogens is 1. The molecule has 13 heteroatoms. The minimum atomic E-state index is -1.74. The van der Waals surface area contributed by atoms with E-state index in [1.807, 2.05) is 43.3 Å². The zero-order valence-electron chi connectivity index (χ0n) is 26.8. The van der Waals surface area contributed by atoms with Gasteiger partial charge in [-0.2, -0.15) is 5.26 Å². The molecule has 12 nitrogen and oxygen atoms in total. The van der Waals surface area contributed by atoms with Crippen LogP contribution in [0.25, 0.3) is 11.1 Å². The monoisotopic (exact) mass is 691 g/mol. The smallest absolute Gasteiger partial charge is 0.161 e. The van der Waals surface area contributed by atoms with Crippen molar-refractivity contribution in [2.24, 2.45) is 0 Å². The molecule has 0 amide bonds. The predicted octanol–water partition coefficient (Wildman–Crippen LogP) is 3.04. The van der Waals surface area contributed by atoms with Crippen LogP contribution in [0.1, 0.15) is 27.9 Å². The number of nitriles is 1. The highest BCUT2D eigenvalue weighted by Gasteiger charge is 2.29. The summed E-state index contributed by atoms with van der Waals surface area (Å²) >= 11 is 6.69. The molecule has 0 fully saturated rings. The van der Waals surface area contributed by atoms with E-state index in [9.17, 15) is 25.7 Å². The average molecular weight is 692 g/mol. The number of aliphatic hydroxyl groups is 5. The third kappa shape index (κ3) is 8.78. The second kappa shape index (κ2) is 16.8. The van der Waals surface area contributed by atoms with E-state index in [0.29, 0.717) is 46.6 Å². The van der Waals surface area contributed by atoms with Crippen LogP contribution < -0.4 is 24.3 Å². The van der Waals surface area contributed by atoms with Gasteiger partial charge in [-0.1, -0.05) is 41.9 Å². The quantitative estimate of drug-likeness (QED) is 0.107. The lowest BCUT2D eigenvalue weighted by molar-refractivity contribution is -0.114. The molecule has 0 bridgehead atoms. The Morgan fingerprint density at radius 3 is 2.37 bits per heavy atom. The Morgan fingerprint density at radius 2 is 1.59 bits per heavy atom. The van der Waals surface area contributed by atoms with E-state index in [4.69, 9.17) is 35.7 Å². The summed E-state index contributed by atoms with van der Waals surface area (Å²) in [4.78, 5) is 4.09. The number of ether oxygens (including phenoxy) is 4. The minimum absolute atomic E-state index is 0.0219. The number of aromatic nitrogens is 1. The minimum Gasteiger partial charge on any atom is -0.488 e. The first-order valence-electron chi connectivity index (χ1n) is 15.6. The molecule has 49 heavy (non-hydrogen) atoms. The molecule has 6 N–H and O–H groups in total. The maximum atomic E-state index is 10.3. The molecule has 4 aromatic rings. The molecular formula is C36H38ClN3O9. The summed E-state index contributed by atoms with van der Waals surface area (Å²) in [6.45, 7) is 2.43. The van der Waals surface area contributed by atoms with Crippen LogP contribution in [0.4, 0.5) is 0 Å². The Morgan fingerprint density at radius 1 is 0.878 bits per heavy atom. The molecule has 0 spiro atoms. The molecule has 1 aliphatic rings. The summed E-state index contributed by atoms with van der Waals surface area (Å²) < 4.78 is 23.8. The van der Waals surface area contributed by atoms with Crippen molar-refractivity contribution in [2.45, 2.75) is 51.1 Å². The molecule has 5 rings (SSSR count). The lowest BCUT2D eigenvalue weighted by Crippen LogP contribution is -2.48. The molecule has 0 unspecified atom stereocenters. The third-order valence-corrected chi connectivity index (χ3v) is 8.47. The van der Waals surface area contributed by atoms with Crippen LogP contribution in [0, 0.1) is 18.3 Å². The molecule has 4 atom stereocenters. The van der Waals surface area contributed by atoms with Crippen molar-refractivity contribution in [1.29, 1.82) is 5.26 Å². The number of hydrogen-bond donors (Lipinski definition) is 6. The van der Waals surface area contributed by atoms with Gasteiger partial charge in [0.1, 0.15) is 68.0 Å². The van der Waals surface area contributed by atoms with E-state index < -0.39 is 31.0 Å². The number of aliphatic hydroxyl groups excluding tert-OH is 5. The van der Waals surface area contributed by atoms with Crippen LogP contribution in [-0.2, 0) is 19.8 Å². The summed E-state index contributed by atoms with van der Waals surface area (Å²) in [7, 11) is 0. The van der Waals surface area contributed by atoms with Gasteiger partial charge >= 0.3 is 0 Å². The summed E-state index contributed by atoms with van der Waals surface area (Å²) in [5.74, 6) is 2.16. The van der Waals surface area contributed by atoms with Gasteiger partial charge in [0.15, 0.2) is 11.5 Å². The van der Waals surface area contributed by atoms with Crippen LogP contribution in [0.5, 0.6) is 23.0 Å². The SMILES string of the molecule is Cc1c(COc2cc(OCc3cccnc3C#N)c(CNC[C@H](O)[C@@H](O)[C@H](O)[C@H](O)CO)cc2Cl)cccc1-c1ccc2c(c1)OCCO2. The Labute approximate surface area is 288 Å². The fourth-order valence-corrected chi connectivity index (χ4v) is 5.57. The van der Waals surface area contributed by atoms with Crippen molar-refractivity contribution >= 4 is 11.6 Å². The molecule has 1 aromatic heterocycles. The third-order valence-electron chi connectivity index (χ3n) is 8.17. The summed E-state index contributed by atoms with van der Waals surface area (Å²) in [5, 5.41) is 61.8. The van der Waals surface area contributed by atoms with Gasteiger partial charge in [0.05, 0.1) is 17.7 Å². The van der Waals surface area contributed by atoms with Gasteiger partial charge in [-0.3, -0.25) is 0 Å². The first-order chi connectivity index (χ1) is 23.7. The largest absolute Gasteiger partial charge is 0.488 e. The lowest BCUT2D eigenvalue weighted by Gasteiger charge is -2.26. The number of fused-ring (bicyclic) bond motifs is 1. The summed E-state index contributed by atoms with van der Waals surface area (Å²) in [6.07, 6.45) is -5.01. The van der Waals surface area contributed by atoms with Crippen molar-refractivity contribution in [3.63, 3.8) is 0 Å². The van der Waals surface area contributed by atoms with Gasteiger partial charge in [0.2, 0.25) is 0 Å². The Hall–Kier alpha value is -4.45. The topological polar surface area (TPSA) is 187 Å². The van der Waals surface area contributed by atoms with Gasteiger partial charge in [-0.05, 0) is 53.4 Å². The van der Waals surface area contributed by atoms with Crippen molar-refractivity contribution in [2.75, 3.05) is 26.4 Å². The lowest BCUT2D eigenvalue weighted by atomic mass is 9.96. The molecule has 0 saturated carbocycles. The summed E-state index contributed by atoms with van der Waals surface area (Å²) in [6, 6.07) is 20.6. The fourth-order valence-electron chi connectivity index (χ4n) is 5.33. The molecule has 3 aromatic carbocycles. The molecule has 0 radical (unpaired) electrons. The second-order valence-electron chi connectivity index (χ2n) is 11.5. The van der Waals surface area contributed by atoms with E-state index in [-0.39, 0.29) is 32.0 Å². The van der Waals surface area contributed by atoms with Crippen molar-refractivity contribution in [3.8, 4) is 40.2 Å². The van der Waals surface area contributed by atoms with Crippen LogP contribution >= 0.6 is 11.6 Å². The number of nitrogens with one attached hydrogen (secondary N) is 1. The first kappa shape index (κ1) is 35.8. The zero-order chi connectivity index (χ0) is 34.9. The van der Waals surface area contributed by atoms with Gasteiger partial charge in [-0.15, -0.1) is 0 Å². The van der Waals surface area contributed by atoms with Crippen molar-refractivity contribution in [1.82, 2.24) is 10.3 Å². The zero-order valence-corrected chi connectivity index (χ0v) is 27.5. The van der Waals surface area contributed by atoms with Gasteiger partial charge < -0.3 is 49.8 Å². The number of nitrogens with zero attached hydrogens (tertiary/aromatic N) is 2. The predicted molar refractivity (Wildman–Crippen MR) is 179 cm³/mol. The molecule has 0 aliphatic carbocycles. The van der Waals surface area contributed by atoms with E-state index in [2.05, 4.69) is 16.4 Å². The number of benzene rings is 3. The maximum absolute atomic E-state index is 10.3. The Bertz CT molecular complexity index is 1780. The Kier molecular flexibility index (Phi) is 12.3. The van der Waals surface area contributed by atoms with Crippen LogP contribution in [0.3, 0.4) is 0 Å². The molecule has 2 heterocycles. The molecule has 0 saturated heterocycles. The van der Waals surface area contributed by atoms with Crippen molar-refractivity contribution in [3.05, 3.63) is 99.8 Å². The first-order valence-corrected chi connectivity index (χ1v) is 16.0. The number of rotatable bonds is 15. The van der Waals surface area contributed by atoms with E-state index >= 15 is 0 Å². The average Bonchev–Trinajstić information content (AvgIpc) is 3.13. The normalized spacial score (nSPS) is 14.7. The van der Waals surface area contributed by atoms with E-state index in [0.717, 1.165) is 28.0 Å². The highest BCUT2D eigenvalue weighted by molar-refractivity contribution is 6.32. The molecular weight excluding hydrogens is 654 g/mol. The standard InChI is InChI=1S/C36H38ClN3O9/c1-21-23(4-2-6-26(21)22-7-8-31-34(13-22)47-11-10-46-31)19-49-33-14-32(48-20-24-5-3-9-40-28(24)15-38)25(12-27(33)37)16-39-17-29(42)35(44)36(45)30(43)18-41/h2-9,12-14,29-30,35-36,39,41-45H,10-11,16-20H2,1H3/t29-,30+,35+,36+/m0/s1. The van der Waals surface area contributed by atoms with Crippen LogP contribution in [0.2, 0.25) is 5.02 Å². The second-order valence-corrected chi connectivity index (χ2v) is 11.9. The fraction of sp³-hybridized carbons (Fsp3) is 0.333. The Balaban J connectivity index is 1.34. The van der Waals surface area contributed by atoms with Crippen LogP contribution in [-0.4, -0.2) is 81.3 Å². The highest BCUT2D eigenvalue weighted by atomic mass is 35.5.